The summed E-state index contributed by atoms with van der Waals surface area (Å²) in [5, 5.41) is 24.1. The number of hydrogen-bond acceptors (Lipinski definition) is 10. The Morgan fingerprint density at radius 3 is 0.963 bits per heavy atom. The number of hydrogen-bond donors (Lipinski definition) is 8. The highest BCUT2D eigenvalue weighted by atomic mass is 16.2. The average Bonchev–Trinajstić information content (AvgIpc) is 4.33. The van der Waals surface area contributed by atoms with E-state index >= 15 is 0 Å². The Morgan fingerprint density at radius 1 is 0.427 bits per heavy atom. The average molecular weight is 1120 g/mol. The molecule has 18 heteroatoms. The first-order valence-corrected chi connectivity index (χ1v) is 28.1. The molecule has 434 valence electrons. The molecule has 82 heavy (non-hydrogen) atoms. The third kappa shape index (κ3) is 15.2. The second-order valence-corrected chi connectivity index (χ2v) is 23.6. The van der Waals surface area contributed by atoms with Gasteiger partial charge in [0.05, 0.1) is 24.2 Å². The van der Waals surface area contributed by atoms with Gasteiger partial charge in [-0.3, -0.25) is 38.4 Å². The van der Waals surface area contributed by atoms with Crippen molar-refractivity contribution in [1.29, 1.82) is 0 Å². The predicted molar refractivity (Wildman–Crippen MR) is 315 cm³/mol. The quantitative estimate of drug-likeness (QED) is 0.0509. The summed E-state index contributed by atoms with van der Waals surface area (Å²) in [6.07, 6.45) is 0.129. The third-order valence-electron chi connectivity index (χ3n) is 15.4. The van der Waals surface area contributed by atoms with Gasteiger partial charge in [-0.05, 0) is 98.1 Å². The van der Waals surface area contributed by atoms with Gasteiger partial charge in [0.1, 0.15) is 24.2 Å². The molecule has 0 bridgehead atoms. The van der Waals surface area contributed by atoms with Crippen LogP contribution in [0.4, 0.5) is 0 Å². The number of rotatable bonds is 20. The number of benzene rings is 5. The van der Waals surface area contributed by atoms with E-state index in [0.29, 0.717) is 0 Å². The highest BCUT2D eigenvalue weighted by Gasteiger charge is 2.48. The SMILES string of the molecule is CN[C@@H](C)C(=O)N[C@H](C(=O)N1C[C@@H](NC(=O)c2ccc(C(=O)N[C@H]3C[C@@H](C(=O)NC(c4ccccc4)c4ccccc4)N(C(=O)[C@@H](NC(=O)[C@H](C)NC)C(C)(C)C)C3)cc2)CC1C(=O)NC(c1ccccc1)c1ccccc1)C(C)(C)C. The van der Waals surface area contributed by atoms with Crippen molar-refractivity contribution in [2.45, 2.75) is 129 Å². The maximum Gasteiger partial charge on any atom is 0.251 e. The topological polar surface area (TPSA) is 239 Å². The molecule has 8 N–H and O–H groups in total. The summed E-state index contributed by atoms with van der Waals surface area (Å²) < 4.78 is 0. The number of carbonyl (C=O) groups excluding carboxylic acids is 8. The largest absolute Gasteiger partial charge is 0.347 e. The van der Waals surface area contributed by atoms with Crippen LogP contribution in [0.2, 0.25) is 0 Å². The number of likely N-dealkylation sites (tertiary alicyclic amines) is 2. The molecule has 2 heterocycles. The van der Waals surface area contributed by atoms with E-state index in [0.717, 1.165) is 22.3 Å². The van der Waals surface area contributed by atoms with Crippen LogP contribution in [0.5, 0.6) is 0 Å². The van der Waals surface area contributed by atoms with Crippen LogP contribution in [0.1, 0.15) is 123 Å². The molecule has 0 radical (unpaired) electrons. The van der Waals surface area contributed by atoms with Crippen LogP contribution in [-0.2, 0) is 28.8 Å². The number of likely N-dealkylation sites (N-methyl/N-ethyl adjacent to an activating group) is 2. The van der Waals surface area contributed by atoms with Crippen LogP contribution in [0, 0.1) is 10.8 Å². The van der Waals surface area contributed by atoms with Crippen LogP contribution < -0.4 is 42.5 Å². The lowest BCUT2D eigenvalue weighted by atomic mass is 9.85. The van der Waals surface area contributed by atoms with E-state index in [9.17, 15) is 38.4 Å². The van der Waals surface area contributed by atoms with Crippen molar-refractivity contribution in [2.24, 2.45) is 10.8 Å². The first-order chi connectivity index (χ1) is 39.0. The molecular weight excluding hydrogens is 1040 g/mol. The van der Waals surface area contributed by atoms with Crippen molar-refractivity contribution >= 4 is 47.3 Å². The first-order valence-electron chi connectivity index (χ1n) is 28.1. The van der Waals surface area contributed by atoms with Crippen LogP contribution in [0.3, 0.4) is 0 Å². The molecule has 8 amide bonds. The molecule has 0 aromatic heterocycles. The maximum atomic E-state index is 14.8. The monoisotopic (exact) mass is 1120 g/mol. The smallest absolute Gasteiger partial charge is 0.251 e. The van der Waals surface area contributed by atoms with E-state index in [2.05, 4.69) is 42.5 Å². The Bertz CT molecular complexity index is 2740. The normalized spacial score (nSPS) is 18.6. The fraction of sp³-hybridized carbons (Fsp3) is 0.406. The molecule has 5 aromatic carbocycles. The van der Waals surface area contributed by atoms with Crippen LogP contribution in [0.25, 0.3) is 0 Å². The fourth-order valence-electron chi connectivity index (χ4n) is 10.4. The van der Waals surface area contributed by atoms with Crippen molar-refractivity contribution in [3.05, 3.63) is 179 Å². The lowest BCUT2D eigenvalue weighted by molar-refractivity contribution is -0.144. The van der Waals surface area contributed by atoms with Crippen molar-refractivity contribution in [2.75, 3.05) is 27.2 Å². The molecule has 0 aliphatic carbocycles. The van der Waals surface area contributed by atoms with E-state index < -0.39 is 107 Å². The minimum Gasteiger partial charge on any atom is -0.347 e. The lowest BCUT2D eigenvalue weighted by Gasteiger charge is -2.36. The summed E-state index contributed by atoms with van der Waals surface area (Å²) in [6.45, 7) is 14.3. The van der Waals surface area contributed by atoms with E-state index in [-0.39, 0.29) is 48.9 Å². The van der Waals surface area contributed by atoms with Gasteiger partial charge in [0.2, 0.25) is 35.4 Å². The zero-order valence-corrected chi connectivity index (χ0v) is 48.6. The lowest BCUT2D eigenvalue weighted by Crippen LogP contribution is -2.59. The molecule has 2 saturated heterocycles. The minimum atomic E-state index is -1.04. The number of nitrogens with zero attached hydrogens (tertiary/aromatic N) is 2. The highest BCUT2D eigenvalue weighted by Crippen LogP contribution is 2.31. The molecule has 5 aromatic rings. The second-order valence-electron chi connectivity index (χ2n) is 23.6. The number of amides is 8. The molecule has 2 aliphatic heterocycles. The summed E-state index contributed by atoms with van der Waals surface area (Å²) in [4.78, 5) is 117. The Balaban J connectivity index is 1.10. The van der Waals surface area contributed by atoms with Crippen molar-refractivity contribution in [1.82, 2.24) is 52.3 Å². The summed E-state index contributed by atoms with van der Waals surface area (Å²) >= 11 is 0. The van der Waals surface area contributed by atoms with Gasteiger partial charge in [-0.15, -0.1) is 0 Å². The van der Waals surface area contributed by atoms with Gasteiger partial charge < -0.3 is 52.3 Å². The van der Waals surface area contributed by atoms with Gasteiger partial charge in [0.25, 0.3) is 11.8 Å². The van der Waals surface area contributed by atoms with Crippen molar-refractivity contribution in [3.63, 3.8) is 0 Å². The van der Waals surface area contributed by atoms with Crippen molar-refractivity contribution < 1.29 is 38.4 Å². The summed E-state index contributed by atoms with van der Waals surface area (Å²) in [7, 11) is 3.29. The van der Waals surface area contributed by atoms with Gasteiger partial charge in [-0.1, -0.05) is 163 Å². The van der Waals surface area contributed by atoms with E-state index in [1.807, 2.05) is 163 Å². The zero-order valence-electron chi connectivity index (χ0n) is 48.6. The maximum absolute atomic E-state index is 14.8. The van der Waals surface area contributed by atoms with Crippen LogP contribution >= 0.6 is 0 Å². The Kier molecular flexibility index (Phi) is 20.2. The number of carbonyl (C=O) groups is 8. The third-order valence-corrected chi connectivity index (χ3v) is 15.4. The fourth-order valence-corrected chi connectivity index (χ4v) is 10.4. The highest BCUT2D eigenvalue weighted by molar-refractivity contribution is 5.99. The zero-order chi connectivity index (χ0) is 59.5. The predicted octanol–water partition coefficient (Wildman–Crippen LogP) is 5.17. The van der Waals surface area contributed by atoms with E-state index in [4.69, 9.17) is 0 Å². The van der Waals surface area contributed by atoms with Gasteiger partial charge in [0.15, 0.2) is 0 Å². The van der Waals surface area contributed by atoms with Crippen LogP contribution in [-0.4, -0.2) is 133 Å². The van der Waals surface area contributed by atoms with Gasteiger partial charge in [-0.2, -0.15) is 0 Å². The summed E-state index contributed by atoms with van der Waals surface area (Å²) in [6, 6.07) is 36.1. The molecule has 0 spiro atoms. The summed E-state index contributed by atoms with van der Waals surface area (Å²) in [5.41, 5.74) is 2.19. The molecule has 8 atom stereocenters. The minimum absolute atomic E-state index is 0.0362. The van der Waals surface area contributed by atoms with Gasteiger partial charge in [-0.25, -0.2) is 0 Å². The van der Waals surface area contributed by atoms with Crippen molar-refractivity contribution in [3.8, 4) is 0 Å². The molecular formula is C64H80N10O8. The summed E-state index contributed by atoms with van der Waals surface area (Å²) in [5.74, 6) is -3.61. The number of nitrogens with one attached hydrogen (secondary N) is 8. The Labute approximate surface area is 481 Å². The van der Waals surface area contributed by atoms with Gasteiger partial charge >= 0.3 is 0 Å². The second kappa shape index (κ2) is 27.0. The molecule has 18 nitrogen and oxygen atoms in total. The molecule has 2 fully saturated rings. The molecule has 7 rings (SSSR count). The molecule has 2 aliphatic rings. The Hall–Kier alpha value is -8.22. The van der Waals surface area contributed by atoms with E-state index in [1.54, 1.807) is 27.9 Å². The Morgan fingerprint density at radius 2 is 0.707 bits per heavy atom. The molecule has 0 saturated carbocycles. The molecule has 1 unspecified atom stereocenters. The van der Waals surface area contributed by atoms with Gasteiger partial charge in [0, 0.05) is 36.3 Å². The standard InChI is InChI=1S/C64H80N10O8/c1-39(65-9)55(75)71-53(63(3,4)5)61(81)73-37-47(35-49(73)59(79)69-51(41-23-15-11-16-24-41)42-25-17-12-18-26-42)67-57(77)45-31-33-46(34-32-45)58(78)68-48-36-50(74(38-48)62(82)54(64(6,7)8)72-56(76)40(2)66-10)60(80)70-52(43-27-19-13-20-28-43)44-29-21-14-22-30-44/h11-34,39-40,47-54,65-66H,35-38H2,1-10H3,(H,67,77)(H,68,78)(H,69,79)(H,70,80)(H,71,75)(H,72,76)/t39-,40-,47-,48-,49-,50?,53+,54+/m0/s1. The van der Waals surface area contributed by atoms with E-state index in [1.165, 1.54) is 34.1 Å². The first kappa shape index (κ1) is 61.4. The van der Waals surface area contributed by atoms with Crippen LogP contribution in [0.15, 0.2) is 146 Å².